The van der Waals surface area contributed by atoms with Gasteiger partial charge in [0, 0.05) is 44.9 Å². The van der Waals surface area contributed by atoms with Crippen molar-refractivity contribution in [1.82, 2.24) is 34.8 Å². The average molecular weight is 371 g/mol. The predicted molar refractivity (Wildman–Crippen MR) is 96.6 cm³/mol. The van der Waals surface area contributed by atoms with Crippen LogP contribution in [0.1, 0.15) is 50.2 Å². The molecule has 1 aliphatic carbocycles. The lowest BCUT2D eigenvalue weighted by Crippen LogP contribution is -2.51. The number of amides is 2. The summed E-state index contributed by atoms with van der Waals surface area (Å²) in [4.78, 5) is 25.8. The third kappa shape index (κ3) is 3.45. The molecule has 1 N–H and O–H groups in total. The van der Waals surface area contributed by atoms with Crippen molar-refractivity contribution in [3.05, 3.63) is 30.1 Å². The van der Waals surface area contributed by atoms with Gasteiger partial charge in [-0.2, -0.15) is 5.10 Å². The maximum absolute atomic E-state index is 12.5. The number of rotatable bonds is 5. The van der Waals surface area contributed by atoms with E-state index in [9.17, 15) is 9.59 Å². The highest BCUT2D eigenvalue weighted by atomic mass is 16.2. The lowest BCUT2D eigenvalue weighted by molar-refractivity contribution is -0.137. The Morgan fingerprint density at radius 1 is 1.30 bits per heavy atom. The Bertz CT molecular complexity index is 823. The summed E-state index contributed by atoms with van der Waals surface area (Å²) in [5.74, 6) is 2.07. The molecule has 2 aromatic heterocycles. The second kappa shape index (κ2) is 7.13. The van der Waals surface area contributed by atoms with Crippen LogP contribution in [0.3, 0.4) is 0 Å². The normalized spacial score (nSPS) is 24.7. The number of nitrogens with one attached hydrogen (secondary N) is 1. The number of carbonyl (C=O) groups is 2. The molecule has 4 rings (SSSR count). The van der Waals surface area contributed by atoms with Gasteiger partial charge in [0.15, 0.2) is 5.82 Å². The molecule has 0 aromatic carbocycles. The summed E-state index contributed by atoms with van der Waals surface area (Å²) < 4.78 is 3.85. The second-order valence-electron chi connectivity index (χ2n) is 7.48. The standard InChI is InChI=1S/C18H25N7O2/c1-12(26)25-8-3-5-15(25)18(27)20-14-9-13(10-14)17-22-21-16(23(17)2)11-24-7-4-6-19-24/h4,6-7,13-15H,3,5,8-11H2,1-2H3,(H,20,27)/t13?,14?,15-/m0/s1. The van der Waals surface area contributed by atoms with E-state index in [2.05, 4.69) is 20.6 Å². The van der Waals surface area contributed by atoms with Crippen LogP contribution in [0.2, 0.25) is 0 Å². The van der Waals surface area contributed by atoms with Crippen LogP contribution in [0.15, 0.2) is 18.5 Å². The minimum Gasteiger partial charge on any atom is -0.352 e. The van der Waals surface area contributed by atoms with Crippen molar-refractivity contribution in [3.63, 3.8) is 0 Å². The molecule has 9 heteroatoms. The Balaban J connectivity index is 1.31. The molecular formula is C18H25N7O2. The van der Waals surface area contributed by atoms with Crippen molar-refractivity contribution >= 4 is 11.8 Å². The molecule has 3 heterocycles. The molecule has 9 nitrogen and oxygen atoms in total. The molecule has 0 spiro atoms. The summed E-state index contributed by atoms with van der Waals surface area (Å²) in [6, 6.07) is 1.72. The van der Waals surface area contributed by atoms with Crippen LogP contribution in [-0.4, -0.2) is 59.9 Å². The lowest BCUT2D eigenvalue weighted by atomic mass is 9.79. The Morgan fingerprint density at radius 2 is 2.11 bits per heavy atom. The molecule has 2 amide bonds. The summed E-state index contributed by atoms with van der Waals surface area (Å²) in [7, 11) is 1.98. The highest BCUT2D eigenvalue weighted by Crippen LogP contribution is 2.36. The molecule has 0 bridgehead atoms. The summed E-state index contributed by atoms with van der Waals surface area (Å²) >= 11 is 0. The second-order valence-corrected chi connectivity index (χ2v) is 7.48. The van der Waals surface area contributed by atoms with E-state index >= 15 is 0 Å². The average Bonchev–Trinajstić information content (AvgIpc) is 3.33. The van der Waals surface area contributed by atoms with Crippen LogP contribution in [0, 0.1) is 0 Å². The van der Waals surface area contributed by atoms with E-state index in [0.717, 1.165) is 37.3 Å². The van der Waals surface area contributed by atoms with Crippen LogP contribution in [0.25, 0.3) is 0 Å². The van der Waals surface area contributed by atoms with Crippen molar-refractivity contribution in [2.24, 2.45) is 7.05 Å². The maximum Gasteiger partial charge on any atom is 0.243 e. The van der Waals surface area contributed by atoms with E-state index in [1.807, 2.05) is 28.6 Å². The van der Waals surface area contributed by atoms with Gasteiger partial charge in [0.1, 0.15) is 18.4 Å². The molecule has 1 saturated carbocycles. The zero-order valence-electron chi connectivity index (χ0n) is 15.7. The molecule has 1 aliphatic heterocycles. The molecule has 1 atom stereocenters. The maximum atomic E-state index is 12.5. The van der Waals surface area contributed by atoms with Gasteiger partial charge in [-0.3, -0.25) is 14.3 Å². The van der Waals surface area contributed by atoms with E-state index < -0.39 is 0 Å². The van der Waals surface area contributed by atoms with Crippen LogP contribution in [-0.2, 0) is 23.2 Å². The monoisotopic (exact) mass is 371 g/mol. The summed E-state index contributed by atoms with van der Waals surface area (Å²) in [6.07, 6.45) is 6.99. The van der Waals surface area contributed by atoms with Crippen molar-refractivity contribution in [2.75, 3.05) is 6.54 Å². The highest BCUT2D eigenvalue weighted by Gasteiger charge is 2.38. The first-order valence-electron chi connectivity index (χ1n) is 9.46. The summed E-state index contributed by atoms with van der Waals surface area (Å²) in [5.41, 5.74) is 0. The van der Waals surface area contributed by atoms with Crippen LogP contribution in [0.5, 0.6) is 0 Å². The van der Waals surface area contributed by atoms with Crippen molar-refractivity contribution in [1.29, 1.82) is 0 Å². The fourth-order valence-corrected chi connectivity index (χ4v) is 4.07. The SMILES string of the molecule is CC(=O)N1CCC[C@H]1C(=O)NC1CC(c2nnc(Cn3cccn3)n2C)C1. The fraction of sp³-hybridized carbons (Fsp3) is 0.611. The van der Waals surface area contributed by atoms with Crippen molar-refractivity contribution < 1.29 is 9.59 Å². The number of nitrogens with zero attached hydrogens (tertiary/aromatic N) is 6. The molecule has 2 fully saturated rings. The predicted octanol–water partition coefficient (Wildman–Crippen LogP) is 0.433. The lowest BCUT2D eigenvalue weighted by Gasteiger charge is -2.36. The van der Waals surface area contributed by atoms with Gasteiger partial charge in [0.05, 0.1) is 0 Å². The first-order valence-corrected chi connectivity index (χ1v) is 9.46. The van der Waals surface area contributed by atoms with Gasteiger partial charge in [-0.05, 0) is 31.7 Å². The number of likely N-dealkylation sites (tertiary alicyclic amines) is 1. The Labute approximate surface area is 157 Å². The zero-order chi connectivity index (χ0) is 19.0. The number of aromatic nitrogens is 5. The largest absolute Gasteiger partial charge is 0.352 e. The minimum atomic E-state index is -0.308. The summed E-state index contributed by atoms with van der Waals surface area (Å²) in [5, 5.41) is 15.9. The number of hydrogen-bond acceptors (Lipinski definition) is 5. The molecule has 1 saturated heterocycles. The van der Waals surface area contributed by atoms with Gasteiger partial charge < -0.3 is 14.8 Å². The Hall–Kier alpha value is -2.71. The van der Waals surface area contributed by atoms with Crippen molar-refractivity contribution in [3.8, 4) is 0 Å². The topological polar surface area (TPSA) is 97.9 Å². The molecule has 144 valence electrons. The Kier molecular flexibility index (Phi) is 4.67. The molecular weight excluding hydrogens is 346 g/mol. The van der Waals surface area contributed by atoms with Gasteiger partial charge in [-0.25, -0.2) is 0 Å². The van der Waals surface area contributed by atoms with E-state index in [1.54, 1.807) is 11.1 Å². The first kappa shape index (κ1) is 17.7. The molecule has 2 aromatic rings. The molecule has 2 aliphatic rings. The molecule has 0 radical (unpaired) electrons. The summed E-state index contributed by atoms with van der Waals surface area (Å²) in [6.45, 7) is 2.80. The molecule has 0 unspecified atom stereocenters. The Morgan fingerprint density at radius 3 is 2.81 bits per heavy atom. The first-order chi connectivity index (χ1) is 13.0. The molecule has 27 heavy (non-hydrogen) atoms. The van der Waals surface area contributed by atoms with E-state index in [0.29, 0.717) is 19.0 Å². The van der Waals surface area contributed by atoms with Crippen LogP contribution < -0.4 is 5.32 Å². The van der Waals surface area contributed by atoms with Gasteiger partial charge in [0.2, 0.25) is 11.8 Å². The van der Waals surface area contributed by atoms with E-state index in [-0.39, 0.29) is 23.9 Å². The smallest absolute Gasteiger partial charge is 0.243 e. The van der Waals surface area contributed by atoms with E-state index in [4.69, 9.17) is 0 Å². The minimum absolute atomic E-state index is 0.0245. The van der Waals surface area contributed by atoms with Gasteiger partial charge in [0.25, 0.3) is 0 Å². The number of carbonyl (C=O) groups excluding carboxylic acids is 2. The van der Waals surface area contributed by atoms with Gasteiger partial charge >= 0.3 is 0 Å². The third-order valence-corrected chi connectivity index (χ3v) is 5.67. The van der Waals surface area contributed by atoms with Crippen LogP contribution in [0.4, 0.5) is 0 Å². The van der Waals surface area contributed by atoms with E-state index in [1.165, 1.54) is 6.92 Å². The highest BCUT2D eigenvalue weighted by molar-refractivity contribution is 5.87. The zero-order valence-corrected chi connectivity index (χ0v) is 15.7. The van der Waals surface area contributed by atoms with Gasteiger partial charge in [-0.1, -0.05) is 0 Å². The van der Waals surface area contributed by atoms with Gasteiger partial charge in [-0.15, -0.1) is 10.2 Å². The quantitative estimate of drug-likeness (QED) is 0.822. The third-order valence-electron chi connectivity index (χ3n) is 5.67. The van der Waals surface area contributed by atoms with Crippen molar-refractivity contribution in [2.45, 2.75) is 57.2 Å². The fourth-order valence-electron chi connectivity index (χ4n) is 4.07. The van der Waals surface area contributed by atoms with Crippen LogP contribution >= 0.6 is 0 Å². The number of hydrogen-bond donors (Lipinski definition) is 1.